The Balaban J connectivity index is 0. The zero-order chi connectivity index (χ0) is 15.3. The molecule has 21 heavy (non-hydrogen) atoms. The first kappa shape index (κ1) is 23.6. The van der Waals surface area contributed by atoms with Gasteiger partial charge in [-0.2, -0.15) is 0 Å². The summed E-state index contributed by atoms with van der Waals surface area (Å²) in [5.41, 5.74) is 5.43. The number of hydrogen-bond donors (Lipinski definition) is 4. The quantitative estimate of drug-likeness (QED) is 0.278. The van der Waals surface area contributed by atoms with Crippen LogP contribution < -0.4 is 5.73 Å². The second kappa shape index (κ2) is 15.2. The number of nitrogens with two attached hydrogens (primary N) is 1. The molecule has 1 atom stereocenters. The van der Waals surface area contributed by atoms with Crippen molar-refractivity contribution >= 4 is 17.0 Å². The van der Waals surface area contributed by atoms with Crippen molar-refractivity contribution in [2.24, 2.45) is 5.73 Å². The van der Waals surface area contributed by atoms with Crippen LogP contribution in [-0.2, 0) is 0 Å². The van der Waals surface area contributed by atoms with E-state index in [1.54, 1.807) is 0 Å². The van der Waals surface area contributed by atoms with Crippen LogP contribution in [0.1, 0.15) is 90.4 Å². The van der Waals surface area contributed by atoms with Crippen LogP contribution in [0.2, 0.25) is 0 Å². The average Bonchev–Trinajstić information content (AvgIpc) is 2.38. The van der Waals surface area contributed by atoms with E-state index in [0.717, 1.165) is 19.3 Å². The van der Waals surface area contributed by atoms with Crippen LogP contribution in [0.25, 0.3) is 0 Å². The molecule has 0 heterocycles. The minimum atomic E-state index is -2.72. The molecule has 5 N–H and O–H groups in total. The molecule has 0 aromatic heterocycles. The summed E-state index contributed by atoms with van der Waals surface area (Å²) in [4.78, 5) is 0. The van der Waals surface area contributed by atoms with Gasteiger partial charge in [0.25, 0.3) is 5.97 Å². The minimum Gasteiger partial charge on any atom is -0.342 e. The summed E-state index contributed by atoms with van der Waals surface area (Å²) < 4.78 is 0. The molecule has 0 saturated heterocycles. The van der Waals surface area contributed by atoms with Crippen LogP contribution in [0, 0.1) is 0 Å². The number of unbranched alkanes of at least 4 members (excludes halogenated alkanes) is 11. The maximum atomic E-state index is 8.85. The smallest absolute Gasteiger partial charge is 0.291 e. The van der Waals surface area contributed by atoms with Crippen molar-refractivity contribution in [1.82, 2.24) is 0 Å². The van der Waals surface area contributed by atoms with Gasteiger partial charge in [-0.05, 0) is 6.42 Å². The lowest BCUT2D eigenvalue weighted by Gasteiger charge is -2.21. The van der Waals surface area contributed by atoms with E-state index in [0.29, 0.717) is 6.42 Å². The molecule has 1 unspecified atom stereocenters. The van der Waals surface area contributed by atoms with E-state index in [4.69, 9.17) is 21.1 Å². The van der Waals surface area contributed by atoms with E-state index >= 15 is 0 Å². The summed E-state index contributed by atoms with van der Waals surface area (Å²) in [6, 6.07) is -0.967. The number of halogens is 1. The zero-order valence-electron chi connectivity index (χ0n) is 13.6. The van der Waals surface area contributed by atoms with Crippen molar-refractivity contribution in [2.75, 3.05) is 0 Å². The third-order valence-electron chi connectivity index (χ3n) is 3.87. The van der Waals surface area contributed by atoms with E-state index in [2.05, 4.69) is 6.92 Å². The molecule has 0 aromatic carbocycles. The molecule has 0 aliphatic rings. The summed E-state index contributed by atoms with van der Waals surface area (Å²) in [5.74, 6) is -2.72. The normalized spacial score (nSPS) is 13.0. The molecular weight excluding hydrogens is 334 g/mol. The Kier molecular flexibility index (Phi) is 17.1. The average molecular weight is 370 g/mol. The Bertz CT molecular complexity index is 210. The first-order chi connectivity index (χ1) is 9.48. The van der Waals surface area contributed by atoms with Crippen molar-refractivity contribution < 1.29 is 15.3 Å². The summed E-state index contributed by atoms with van der Waals surface area (Å²) in [6.45, 7) is 2.24. The van der Waals surface area contributed by atoms with Crippen molar-refractivity contribution in [3.05, 3.63) is 0 Å². The first-order valence-corrected chi connectivity index (χ1v) is 8.41. The highest BCUT2D eigenvalue weighted by atomic mass is 79.9. The highest BCUT2D eigenvalue weighted by Gasteiger charge is 2.27. The SMILES string of the molecule is Br.CCCCCCCCCCCCCCC(N)C(O)(O)O. The van der Waals surface area contributed by atoms with Crippen molar-refractivity contribution in [3.8, 4) is 0 Å². The van der Waals surface area contributed by atoms with E-state index in [-0.39, 0.29) is 17.0 Å². The molecule has 0 saturated carbocycles. The predicted molar refractivity (Wildman–Crippen MR) is 93.4 cm³/mol. The fourth-order valence-corrected chi connectivity index (χ4v) is 2.40. The molecule has 0 aliphatic heterocycles. The Hall–Kier alpha value is 0.320. The largest absolute Gasteiger partial charge is 0.342 e. The van der Waals surface area contributed by atoms with Gasteiger partial charge < -0.3 is 21.1 Å². The number of aliphatic hydroxyl groups is 3. The third-order valence-corrected chi connectivity index (χ3v) is 3.87. The highest BCUT2D eigenvalue weighted by molar-refractivity contribution is 8.93. The maximum absolute atomic E-state index is 8.85. The van der Waals surface area contributed by atoms with Crippen molar-refractivity contribution in [3.63, 3.8) is 0 Å². The molecular formula is C16H36BrNO3. The molecule has 0 fully saturated rings. The second-order valence-corrected chi connectivity index (χ2v) is 5.97. The number of rotatable bonds is 14. The van der Waals surface area contributed by atoms with Crippen LogP contribution in [-0.4, -0.2) is 27.3 Å². The van der Waals surface area contributed by atoms with E-state index < -0.39 is 12.0 Å². The first-order valence-electron chi connectivity index (χ1n) is 8.41. The molecule has 5 heteroatoms. The standard InChI is InChI=1S/C16H35NO3.BrH/c1-2-3-4-5-6-7-8-9-10-11-12-13-14-15(17)16(18,19)20;/h15,18-20H,2-14,17H2,1H3;1H. The van der Waals surface area contributed by atoms with Gasteiger partial charge in [0, 0.05) is 0 Å². The monoisotopic (exact) mass is 369 g/mol. The van der Waals surface area contributed by atoms with E-state index in [1.807, 2.05) is 0 Å². The van der Waals surface area contributed by atoms with Crippen LogP contribution in [0.5, 0.6) is 0 Å². The van der Waals surface area contributed by atoms with Gasteiger partial charge in [-0.1, -0.05) is 84.0 Å². The minimum absolute atomic E-state index is 0. The van der Waals surface area contributed by atoms with Crippen LogP contribution in [0.15, 0.2) is 0 Å². The van der Waals surface area contributed by atoms with Crippen LogP contribution in [0.3, 0.4) is 0 Å². The summed E-state index contributed by atoms with van der Waals surface area (Å²) >= 11 is 0. The van der Waals surface area contributed by atoms with E-state index in [1.165, 1.54) is 57.8 Å². The summed E-state index contributed by atoms with van der Waals surface area (Å²) in [5, 5.41) is 26.5. The molecule has 4 nitrogen and oxygen atoms in total. The Labute approximate surface area is 140 Å². The van der Waals surface area contributed by atoms with Gasteiger partial charge in [-0.3, -0.25) is 0 Å². The molecule has 0 bridgehead atoms. The molecule has 130 valence electrons. The molecule has 0 aromatic rings. The lowest BCUT2D eigenvalue weighted by atomic mass is 10.0. The molecule has 0 spiro atoms. The number of hydrogen-bond acceptors (Lipinski definition) is 4. The third kappa shape index (κ3) is 16.5. The summed E-state index contributed by atoms with van der Waals surface area (Å²) in [6.07, 6.45) is 15.6. The lowest BCUT2D eigenvalue weighted by Crippen LogP contribution is -2.47. The molecule has 0 aliphatic carbocycles. The Morgan fingerprint density at radius 2 is 1.05 bits per heavy atom. The molecule has 0 radical (unpaired) electrons. The van der Waals surface area contributed by atoms with Gasteiger partial charge in [0.2, 0.25) is 0 Å². The van der Waals surface area contributed by atoms with Gasteiger partial charge in [-0.15, -0.1) is 17.0 Å². The van der Waals surface area contributed by atoms with Gasteiger partial charge in [-0.25, -0.2) is 0 Å². The fraction of sp³-hybridized carbons (Fsp3) is 1.00. The topological polar surface area (TPSA) is 86.7 Å². The van der Waals surface area contributed by atoms with Gasteiger partial charge in [0.15, 0.2) is 0 Å². The molecule has 0 amide bonds. The van der Waals surface area contributed by atoms with Crippen molar-refractivity contribution in [1.29, 1.82) is 0 Å². The summed E-state index contributed by atoms with van der Waals surface area (Å²) in [7, 11) is 0. The predicted octanol–water partition coefficient (Wildman–Crippen LogP) is 3.61. The fourth-order valence-electron chi connectivity index (χ4n) is 2.40. The van der Waals surface area contributed by atoms with Gasteiger partial charge in [0.05, 0.1) is 6.04 Å². The van der Waals surface area contributed by atoms with Crippen molar-refractivity contribution in [2.45, 2.75) is 102 Å². The Morgan fingerprint density at radius 1 is 0.714 bits per heavy atom. The van der Waals surface area contributed by atoms with Crippen LogP contribution >= 0.6 is 17.0 Å². The zero-order valence-corrected chi connectivity index (χ0v) is 15.3. The maximum Gasteiger partial charge on any atom is 0.291 e. The molecule has 0 rings (SSSR count). The lowest BCUT2D eigenvalue weighted by molar-refractivity contribution is -0.323. The Morgan fingerprint density at radius 3 is 1.38 bits per heavy atom. The van der Waals surface area contributed by atoms with Crippen LogP contribution in [0.4, 0.5) is 0 Å². The van der Waals surface area contributed by atoms with Gasteiger partial charge >= 0.3 is 0 Å². The highest BCUT2D eigenvalue weighted by Crippen LogP contribution is 2.14. The van der Waals surface area contributed by atoms with Gasteiger partial charge in [0.1, 0.15) is 0 Å². The van der Waals surface area contributed by atoms with E-state index in [9.17, 15) is 0 Å². The second-order valence-electron chi connectivity index (χ2n) is 5.97.